The molecule has 4 aromatic rings. The van der Waals surface area contributed by atoms with E-state index in [1.54, 1.807) is 17.5 Å². The first kappa shape index (κ1) is 26.6. The van der Waals surface area contributed by atoms with Gasteiger partial charge in [-0.3, -0.25) is 9.69 Å². The van der Waals surface area contributed by atoms with Gasteiger partial charge in [-0.15, -0.1) is 11.3 Å². The van der Waals surface area contributed by atoms with E-state index >= 15 is 0 Å². The van der Waals surface area contributed by atoms with Crippen molar-refractivity contribution >= 4 is 49.5 Å². The van der Waals surface area contributed by atoms with Crippen LogP contribution in [0.5, 0.6) is 5.88 Å². The number of morpholine rings is 1. The number of carbonyl (C=O) groups excluding carboxylic acids is 1. The number of thiophene rings is 1. The summed E-state index contributed by atoms with van der Waals surface area (Å²) in [7, 11) is -3.99. The summed E-state index contributed by atoms with van der Waals surface area (Å²) in [5, 5.41) is 19.3. The molecule has 0 aliphatic carbocycles. The summed E-state index contributed by atoms with van der Waals surface area (Å²) in [5.41, 5.74) is 0.539. The van der Waals surface area contributed by atoms with Crippen LogP contribution in [0.25, 0.3) is 16.6 Å². The van der Waals surface area contributed by atoms with Crippen molar-refractivity contribution in [2.75, 3.05) is 50.0 Å². The molecule has 0 spiro atoms. The number of pyridine rings is 2. The van der Waals surface area contributed by atoms with E-state index in [-0.39, 0.29) is 21.6 Å². The van der Waals surface area contributed by atoms with E-state index in [4.69, 9.17) is 4.74 Å². The van der Waals surface area contributed by atoms with Crippen molar-refractivity contribution in [3.63, 3.8) is 0 Å². The van der Waals surface area contributed by atoms with Crippen molar-refractivity contribution in [2.45, 2.75) is 4.21 Å². The first-order chi connectivity index (χ1) is 18.8. The first-order valence-electron chi connectivity index (χ1n) is 12.1. The molecule has 0 atom stereocenters. The van der Waals surface area contributed by atoms with Gasteiger partial charge in [0, 0.05) is 43.3 Å². The second-order valence-corrected chi connectivity index (χ2v) is 11.6. The van der Waals surface area contributed by atoms with Crippen molar-refractivity contribution in [1.29, 1.82) is 0 Å². The quantitative estimate of drug-likeness (QED) is 0.250. The number of aromatic hydroxyl groups is 1. The lowest BCUT2D eigenvalue weighted by Gasteiger charge is -2.26. The van der Waals surface area contributed by atoms with E-state index in [9.17, 15) is 23.1 Å². The fourth-order valence-corrected chi connectivity index (χ4v) is 6.06. The summed E-state index contributed by atoms with van der Waals surface area (Å²) >= 11 is 0.983. The second kappa shape index (κ2) is 11.4. The van der Waals surface area contributed by atoms with Gasteiger partial charge in [0.2, 0.25) is 5.88 Å². The Hall–Kier alpha value is -3.98. The molecule has 0 unspecified atom stereocenters. The summed E-state index contributed by atoms with van der Waals surface area (Å²) < 4.78 is 32.8. The number of anilines is 2. The van der Waals surface area contributed by atoms with Crippen molar-refractivity contribution in [1.82, 2.24) is 19.2 Å². The smallest absolute Gasteiger partial charge is 0.333 e. The molecule has 0 radical (unpaired) electrons. The summed E-state index contributed by atoms with van der Waals surface area (Å²) in [6.07, 6.45) is 1.25. The minimum atomic E-state index is -3.99. The molecule has 3 aromatic heterocycles. The normalized spacial score (nSPS) is 14.3. The third-order valence-electron chi connectivity index (χ3n) is 6.09. The average molecular weight is 571 g/mol. The third-order valence-corrected chi connectivity index (χ3v) is 8.81. The minimum Gasteiger partial charge on any atom is -0.494 e. The fraction of sp³-hybridized carbons (Fsp3) is 0.240. The molecular weight excluding hydrogens is 544 g/mol. The predicted octanol–water partition coefficient (Wildman–Crippen LogP) is 2.41. The van der Waals surface area contributed by atoms with Crippen LogP contribution in [0.15, 0.2) is 69.1 Å². The molecule has 1 aliphatic rings. The SMILES string of the molecule is O=C(Nc1ccc(-n2c(O)c3ccc(NCCN4CCOCC4)cc3cc2=O)nc1)NS(=O)(=O)c1cccs1. The number of fused-ring (bicyclic) bond motifs is 1. The van der Waals surface area contributed by atoms with E-state index in [2.05, 4.69) is 20.5 Å². The van der Waals surface area contributed by atoms with Gasteiger partial charge in [0.05, 0.1) is 25.1 Å². The molecular formula is C25H26N6O6S2. The van der Waals surface area contributed by atoms with Crippen molar-refractivity contribution in [3.8, 4) is 11.7 Å². The number of nitrogens with one attached hydrogen (secondary N) is 3. The number of nitrogens with zero attached hydrogens (tertiary/aromatic N) is 3. The monoisotopic (exact) mass is 570 g/mol. The number of hydrogen-bond acceptors (Lipinski definition) is 10. The Morgan fingerprint density at radius 1 is 1.10 bits per heavy atom. The van der Waals surface area contributed by atoms with Gasteiger partial charge in [-0.25, -0.2) is 27.5 Å². The molecule has 0 bridgehead atoms. The Balaban J connectivity index is 1.27. The average Bonchev–Trinajstić information content (AvgIpc) is 3.46. The number of sulfonamides is 1. The molecule has 1 fully saturated rings. The van der Waals surface area contributed by atoms with Crippen LogP contribution in [0.3, 0.4) is 0 Å². The highest BCUT2D eigenvalue weighted by Gasteiger charge is 2.19. The molecule has 4 heterocycles. The molecule has 2 amide bonds. The van der Waals surface area contributed by atoms with Crippen LogP contribution in [0.1, 0.15) is 0 Å². The number of aromatic nitrogens is 2. The van der Waals surface area contributed by atoms with Crippen LogP contribution in [-0.4, -0.2) is 73.4 Å². The zero-order valence-corrected chi connectivity index (χ0v) is 22.3. The van der Waals surface area contributed by atoms with E-state index < -0.39 is 21.6 Å². The molecule has 204 valence electrons. The van der Waals surface area contributed by atoms with Crippen molar-refractivity contribution in [2.24, 2.45) is 0 Å². The number of amides is 2. The standard InChI is InChI=1S/C25H26N6O6S2/c32-22-15-17-14-18(26-7-8-30-9-11-37-12-10-30)3-5-20(17)24(33)31(22)21-6-4-19(16-27-21)28-25(34)29-39(35,36)23-2-1-13-38-23/h1-6,13-16,26,33H,7-12H2,(H2,28,29,34). The number of rotatable bonds is 8. The second-order valence-electron chi connectivity index (χ2n) is 8.72. The van der Waals surface area contributed by atoms with Crippen LogP contribution >= 0.6 is 11.3 Å². The Kier molecular flexibility index (Phi) is 7.79. The maximum atomic E-state index is 12.9. The maximum absolute atomic E-state index is 12.9. The van der Waals surface area contributed by atoms with Crippen LogP contribution < -0.4 is 20.9 Å². The Morgan fingerprint density at radius 3 is 2.62 bits per heavy atom. The molecule has 1 aliphatic heterocycles. The van der Waals surface area contributed by atoms with Gasteiger partial charge in [0.15, 0.2) is 0 Å². The van der Waals surface area contributed by atoms with Gasteiger partial charge in [-0.2, -0.15) is 0 Å². The van der Waals surface area contributed by atoms with Crippen LogP contribution in [-0.2, 0) is 14.8 Å². The van der Waals surface area contributed by atoms with E-state index in [0.717, 1.165) is 61.0 Å². The minimum absolute atomic E-state index is 0.00756. The van der Waals surface area contributed by atoms with E-state index in [1.807, 2.05) is 16.9 Å². The summed E-state index contributed by atoms with van der Waals surface area (Å²) in [6, 6.07) is 11.6. The Bertz CT molecular complexity index is 1630. The Labute approximate surface area is 227 Å². The number of urea groups is 1. The number of hydrogen-bond donors (Lipinski definition) is 4. The lowest BCUT2D eigenvalue weighted by atomic mass is 10.1. The largest absolute Gasteiger partial charge is 0.494 e. The lowest BCUT2D eigenvalue weighted by molar-refractivity contribution is 0.0398. The number of carbonyl (C=O) groups is 1. The van der Waals surface area contributed by atoms with Crippen molar-refractivity contribution in [3.05, 3.63) is 70.5 Å². The van der Waals surface area contributed by atoms with Gasteiger partial charge in [0.1, 0.15) is 10.0 Å². The van der Waals surface area contributed by atoms with Gasteiger partial charge in [-0.1, -0.05) is 6.07 Å². The highest BCUT2D eigenvalue weighted by molar-refractivity contribution is 7.92. The molecule has 4 N–H and O–H groups in total. The molecule has 0 saturated carbocycles. The Morgan fingerprint density at radius 2 is 1.90 bits per heavy atom. The maximum Gasteiger partial charge on any atom is 0.333 e. The van der Waals surface area contributed by atoms with Gasteiger partial charge in [-0.05, 0) is 47.2 Å². The van der Waals surface area contributed by atoms with Gasteiger partial charge < -0.3 is 20.5 Å². The van der Waals surface area contributed by atoms with Crippen LogP contribution in [0.2, 0.25) is 0 Å². The molecule has 12 nitrogen and oxygen atoms in total. The third kappa shape index (κ3) is 6.20. The van der Waals surface area contributed by atoms with Crippen LogP contribution in [0.4, 0.5) is 16.2 Å². The number of ether oxygens (including phenoxy) is 1. The highest BCUT2D eigenvalue weighted by atomic mass is 32.2. The lowest BCUT2D eigenvalue weighted by Crippen LogP contribution is -2.38. The number of benzene rings is 1. The van der Waals surface area contributed by atoms with Gasteiger partial charge in [0.25, 0.3) is 15.6 Å². The fourth-order valence-electron chi connectivity index (χ4n) is 4.16. The zero-order valence-electron chi connectivity index (χ0n) is 20.7. The highest BCUT2D eigenvalue weighted by Crippen LogP contribution is 2.27. The zero-order chi connectivity index (χ0) is 27.4. The van der Waals surface area contributed by atoms with E-state index in [0.29, 0.717) is 10.8 Å². The molecule has 1 saturated heterocycles. The summed E-state index contributed by atoms with van der Waals surface area (Å²) in [5.74, 6) is -0.144. The topological polar surface area (TPSA) is 155 Å². The predicted molar refractivity (Wildman–Crippen MR) is 148 cm³/mol. The van der Waals surface area contributed by atoms with E-state index in [1.165, 1.54) is 30.5 Å². The summed E-state index contributed by atoms with van der Waals surface area (Å²) in [4.78, 5) is 31.6. The van der Waals surface area contributed by atoms with Crippen molar-refractivity contribution < 1.29 is 23.1 Å². The summed E-state index contributed by atoms with van der Waals surface area (Å²) in [6.45, 7) is 4.90. The van der Waals surface area contributed by atoms with Crippen LogP contribution in [0, 0.1) is 0 Å². The molecule has 39 heavy (non-hydrogen) atoms. The molecule has 1 aromatic carbocycles. The first-order valence-corrected chi connectivity index (χ1v) is 14.4. The molecule has 14 heteroatoms. The molecule has 5 rings (SSSR count). The van der Waals surface area contributed by atoms with Gasteiger partial charge >= 0.3 is 6.03 Å².